The van der Waals surface area contributed by atoms with E-state index in [-0.39, 0.29) is 42.8 Å². The van der Waals surface area contributed by atoms with Crippen LogP contribution in [0, 0.1) is 17.8 Å². The Morgan fingerprint density at radius 2 is 1.23 bits per heavy atom. The summed E-state index contributed by atoms with van der Waals surface area (Å²) in [6.07, 6.45) is 4.09. The third-order valence-electron chi connectivity index (χ3n) is 9.93. The van der Waals surface area contributed by atoms with Crippen molar-refractivity contribution >= 4 is 47.3 Å². The van der Waals surface area contributed by atoms with Crippen LogP contribution in [0.2, 0.25) is 0 Å². The highest BCUT2D eigenvalue weighted by Crippen LogP contribution is 2.16. The molecule has 1 unspecified atom stereocenters. The number of carboxylic acids is 2. The quantitative estimate of drug-likeness (QED) is 0.0668. The number of amides is 5. The molecular formula is C42H67N5O10. The van der Waals surface area contributed by atoms with E-state index in [2.05, 4.69) is 28.2 Å². The van der Waals surface area contributed by atoms with E-state index in [9.17, 15) is 48.6 Å². The van der Waals surface area contributed by atoms with Crippen LogP contribution < -0.4 is 21.3 Å². The highest BCUT2D eigenvalue weighted by molar-refractivity contribution is 5.98. The summed E-state index contributed by atoms with van der Waals surface area (Å²) >= 11 is 0. The van der Waals surface area contributed by atoms with E-state index in [1.165, 1.54) is 11.9 Å². The fourth-order valence-corrected chi connectivity index (χ4v) is 6.44. The number of likely N-dealkylation sites (N-methyl/N-ethyl adjacent to an activating group) is 1. The molecule has 0 fully saturated rings. The van der Waals surface area contributed by atoms with Crippen LogP contribution in [-0.4, -0.2) is 99.6 Å². The van der Waals surface area contributed by atoms with E-state index in [1.54, 1.807) is 41.5 Å². The van der Waals surface area contributed by atoms with Gasteiger partial charge in [-0.05, 0) is 42.6 Å². The fraction of sp³-hybridized carbons (Fsp3) is 0.667. The summed E-state index contributed by atoms with van der Waals surface area (Å²) in [7, 11) is 1.54. The molecule has 0 aliphatic carbocycles. The summed E-state index contributed by atoms with van der Waals surface area (Å²) in [5.41, 5.74) is 0.970. The summed E-state index contributed by atoms with van der Waals surface area (Å²) in [6, 6.07) is 2.65. The topological polar surface area (TPSA) is 228 Å². The molecule has 1 aromatic carbocycles. The zero-order valence-corrected chi connectivity index (χ0v) is 35.1. The smallest absolute Gasteiger partial charge is 0.326 e. The van der Waals surface area contributed by atoms with Gasteiger partial charge in [-0.25, -0.2) is 4.79 Å². The molecule has 0 saturated carbocycles. The van der Waals surface area contributed by atoms with Crippen molar-refractivity contribution in [2.75, 3.05) is 7.05 Å². The molecule has 0 aliphatic rings. The number of carbonyl (C=O) groups is 8. The number of carbonyl (C=O) groups excluding carboxylic acids is 6. The zero-order chi connectivity index (χ0) is 43.2. The van der Waals surface area contributed by atoms with Crippen molar-refractivity contribution in [1.29, 1.82) is 0 Å². The van der Waals surface area contributed by atoms with Crippen LogP contribution in [0.25, 0.3) is 0 Å². The Bertz CT molecular complexity index is 1480. The van der Waals surface area contributed by atoms with Gasteiger partial charge in [0.2, 0.25) is 29.5 Å². The fourth-order valence-electron chi connectivity index (χ4n) is 6.44. The number of hydrogen-bond acceptors (Lipinski definition) is 8. The van der Waals surface area contributed by atoms with Gasteiger partial charge in [0.1, 0.15) is 36.0 Å². The molecule has 320 valence electrons. The minimum absolute atomic E-state index is 0.0400. The van der Waals surface area contributed by atoms with Crippen LogP contribution in [0.1, 0.15) is 125 Å². The molecule has 0 aromatic heterocycles. The van der Waals surface area contributed by atoms with E-state index >= 15 is 0 Å². The summed E-state index contributed by atoms with van der Waals surface area (Å²) in [4.78, 5) is 106. The molecule has 6 N–H and O–H groups in total. The minimum atomic E-state index is -1.74. The number of carboxylic acid groups (broad SMARTS) is 2. The number of ketones is 1. The lowest BCUT2D eigenvalue weighted by Gasteiger charge is -2.33. The van der Waals surface area contributed by atoms with Crippen molar-refractivity contribution in [3.8, 4) is 0 Å². The number of unbranched alkanes of at least 4 members (excludes halogenated alkanes) is 4. The molecule has 6 atom stereocenters. The molecule has 15 nitrogen and oxygen atoms in total. The number of nitrogens with one attached hydrogen (secondary N) is 4. The maximum atomic E-state index is 14.0. The van der Waals surface area contributed by atoms with Gasteiger partial charge in [-0.3, -0.25) is 33.6 Å². The first-order valence-electron chi connectivity index (χ1n) is 20.3. The van der Waals surface area contributed by atoms with E-state index in [0.717, 1.165) is 31.2 Å². The van der Waals surface area contributed by atoms with Crippen molar-refractivity contribution in [1.82, 2.24) is 26.2 Å². The Morgan fingerprint density at radius 1 is 0.667 bits per heavy atom. The van der Waals surface area contributed by atoms with Gasteiger partial charge >= 0.3 is 11.9 Å². The van der Waals surface area contributed by atoms with Crippen LogP contribution in [0.4, 0.5) is 0 Å². The average Bonchev–Trinajstić information content (AvgIpc) is 3.14. The normalized spacial score (nSPS) is 14.4. The number of aryl methyl sites for hydroxylation is 1. The average molecular weight is 802 g/mol. The Balaban J connectivity index is 3.37. The number of aliphatic carboxylic acids is 2. The molecule has 0 saturated heterocycles. The zero-order valence-electron chi connectivity index (χ0n) is 35.1. The highest BCUT2D eigenvalue weighted by Gasteiger charge is 2.37. The van der Waals surface area contributed by atoms with Gasteiger partial charge in [-0.1, -0.05) is 111 Å². The molecule has 0 heterocycles. The Labute approximate surface area is 337 Å². The number of Topliss-reactive ketones (excluding diaryl/α,β-unsaturated/α-hetero) is 1. The molecule has 0 bridgehead atoms. The molecule has 5 amide bonds. The van der Waals surface area contributed by atoms with Crippen LogP contribution in [0.3, 0.4) is 0 Å². The van der Waals surface area contributed by atoms with Gasteiger partial charge < -0.3 is 36.4 Å². The van der Waals surface area contributed by atoms with Gasteiger partial charge in [-0.15, -0.1) is 0 Å². The van der Waals surface area contributed by atoms with Crippen LogP contribution >= 0.6 is 0 Å². The van der Waals surface area contributed by atoms with E-state index in [4.69, 9.17) is 0 Å². The summed E-state index contributed by atoms with van der Waals surface area (Å²) in [5, 5.41) is 29.2. The van der Waals surface area contributed by atoms with Gasteiger partial charge in [0, 0.05) is 26.3 Å². The maximum absolute atomic E-state index is 14.0. The third kappa shape index (κ3) is 18.8. The minimum Gasteiger partial charge on any atom is -0.481 e. The van der Waals surface area contributed by atoms with Crippen molar-refractivity contribution in [2.45, 2.75) is 156 Å². The predicted molar refractivity (Wildman–Crippen MR) is 216 cm³/mol. The van der Waals surface area contributed by atoms with Gasteiger partial charge in [-0.2, -0.15) is 0 Å². The first-order valence-corrected chi connectivity index (χ1v) is 20.3. The summed E-state index contributed by atoms with van der Waals surface area (Å²) in [5.74, 6) is -7.84. The second kappa shape index (κ2) is 26.2. The number of hydrogen-bond donors (Lipinski definition) is 6. The molecule has 0 spiro atoms. The molecule has 57 heavy (non-hydrogen) atoms. The molecule has 0 aliphatic heterocycles. The second-order valence-corrected chi connectivity index (χ2v) is 15.7. The van der Waals surface area contributed by atoms with Crippen molar-refractivity contribution in [2.24, 2.45) is 17.8 Å². The largest absolute Gasteiger partial charge is 0.481 e. The maximum Gasteiger partial charge on any atom is 0.326 e. The summed E-state index contributed by atoms with van der Waals surface area (Å²) < 4.78 is 0. The van der Waals surface area contributed by atoms with Crippen molar-refractivity contribution in [3.05, 3.63) is 35.9 Å². The van der Waals surface area contributed by atoms with Gasteiger partial charge in [0.25, 0.3) is 0 Å². The summed E-state index contributed by atoms with van der Waals surface area (Å²) in [6.45, 7) is 12.6. The second-order valence-electron chi connectivity index (χ2n) is 15.7. The number of nitrogens with zero attached hydrogens (tertiary/aromatic N) is 1. The number of benzene rings is 1. The monoisotopic (exact) mass is 801 g/mol. The lowest BCUT2D eigenvalue weighted by atomic mass is 9.95. The molecule has 1 rings (SSSR count). The van der Waals surface area contributed by atoms with E-state index in [0.29, 0.717) is 19.3 Å². The van der Waals surface area contributed by atoms with Crippen molar-refractivity contribution < 1.29 is 48.6 Å². The Hall–Kier alpha value is -4.82. The van der Waals surface area contributed by atoms with Crippen LogP contribution in [0.5, 0.6) is 0 Å². The molecular weight excluding hydrogens is 734 g/mol. The first kappa shape index (κ1) is 50.2. The van der Waals surface area contributed by atoms with Gasteiger partial charge in [0.15, 0.2) is 0 Å². The Morgan fingerprint density at radius 3 is 1.75 bits per heavy atom. The SMILES string of the molecule is CCCCCCCC(=O)CC(NC(=O)[C@@H](NC(=O)[C@H](C(C)C)N(C)C(=O)CCc1ccccc1)[C@@H](C)CC)C(=O)N[C@@H](CC(=O)O)C(=O)N[C@@H](CC(C)C)C(=O)O. The standard InChI is InChI=1S/C42H67N5O10/c1-9-11-12-13-17-20-30(48)24-31(38(52)43-32(25-35(50)51)39(53)45-33(42(56)57)23-26(3)4)44-40(54)36(28(7)10-2)46-41(55)37(27(5)6)47(8)34(49)22-21-29-18-15-14-16-19-29/h14-16,18-19,26-28,31-33,36-37H,9-13,17,20-25H2,1-8H3,(H,43,52)(H,44,54)(H,45,53)(H,46,55)(H,50,51)(H,56,57)/t28-,31?,32-,33-,36-,37-/m0/s1. The molecule has 1 aromatic rings. The van der Waals surface area contributed by atoms with E-state index < -0.39 is 84.5 Å². The van der Waals surface area contributed by atoms with E-state index in [1.807, 2.05) is 30.3 Å². The van der Waals surface area contributed by atoms with Crippen molar-refractivity contribution in [3.63, 3.8) is 0 Å². The lowest BCUT2D eigenvalue weighted by molar-refractivity contribution is -0.144. The van der Waals surface area contributed by atoms with Crippen LogP contribution in [0.15, 0.2) is 30.3 Å². The van der Waals surface area contributed by atoms with Crippen LogP contribution in [-0.2, 0) is 44.8 Å². The highest BCUT2D eigenvalue weighted by atomic mass is 16.4. The third-order valence-corrected chi connectivity index (χ3v) is 9.93. The molecule has 15 heteroatoms. The number of rotatable bonds is 28. The molecule has 0 radical (unpaired) electrons. The van der Waals surface area contributed by atoms with Gasteiger partial charge in [0.05, 0.1) is 6.42 Å². The Kier molecular flexibility index (Phi) is 23.0. The predicted octanol–water partition coefficient (Wildman–Crippen LogP) is 4.01. The lowest BCUT2D eigenvalue weighted by Crippen LogP contribution is -2.61. The first-order chi connectivity index (χ1) is 26.8.